The number of hydrogen-bond acceptors (Lipinski definition) is 2. The molecule has 2 aromatic rings. The van der Waals surface area contributed by atoms with Crippen molar-refractivity contribution in [1.82, 2.24) is 4.98 Å². The van der Waals surface area contributed by atoms with E-state index in [2.05, 4.69) is 4.98 Å². The molecule has 0 aliphatic carbocycles. The van der Waals surface area contributed by atoms with Gasteiger partial charge in [0.05, 0.1) is 5.97 Å². The number of aromatic amines is 1. The summed E-state index contributed by atoms with van der Waals surface area (Å²) in [6.07, 6.45) is 4.31. The number of aliphatic carboxylic acids is 1. The van der Waals surface area contributed by atoms with Crippen molar-refractivity contribution in [3.8, 4) is 0 Å². The number of aromatic nitrogens is 1. The Morgan fingerprint density at radius 1 is 1.33 bits per heavy atom. The van der Waals surface area contributed by atoms with E-state index in [-0.39, 0.29) is 29.6 Å². The first-order valence-corrected chi connectivity index (χ1v) is 4.22. The van der Waals surface area contributed by atoms with Gasteiger partial charge in [0.15, 0.2) is 0 Å². The molecular weight excluding hydrogens is 201 g/mol. The first-order chi connectivity index (χ1) is 6.77. The number of fused-ring (bicyclic) bond motifs is 1. The van der Waals surface area contributed by atoms with Gasteiger partial charge in [-0.25, -0.2) is 0 Å². The zero-order valence-corrected chi connectivity index (χ0v) is 10.4. The molecule has 0 amide bonds. The third-order valence-corrected chi connectivity index (χ3v) is 2.02. The van der Waals surface area contributed by atoms with Crippen LogP contribution in [0, 0.1) is 0 Å². The number of carbonyl (C=O) groups is 1. The average Bonchev–Trinajstić information content (AvgIpc) is 2.58. The van der Waals surface area contributed by atoms with Crippen LogP contribution in [-0.2, 0) is 4.79 Å². The second kappa shape index (κ2) is 5.16. The molecule has 0 bridgehead atoms. The summed E-state index contributed by atoms with van der Waals surface area (Å²) in [5, 5.41) is 11.2. The maximum Gasteiger partial charge on any atom is 1.00 e. The zero-order valence-electron chi connectivity index (χ0n) is 8.36. The summed E-state index contributed by atoms with van der Waals surface area (Å²) in [6.45, 7) is 0. The fourth-order valence-corrected chi connectivity index (χ4v) is 1.39. The number of hydrogen-bond donors (Lipinski definition) is 1. The molecule has 0 saturated carbocycles. The molecular formula is C11H8NNaO2. The monoisotopic (exact) mass is 209 g/mol. The number of carboxylic acids is 1. The average molecular weight is 209 g/mol. The minimum absolute atomic E-state index is 0. The number of rotatable bonds is 2. The first kappa shape index (κ1) is 12.0. The Bertz CT molecular complexity index is 502. The van der Waals surface area contributed by atoms with E-state index in [0.717, 1.165) is 22.5 Å². The Balaban J connectivity index is 0.00000112. The van der Waals surface area contributed by atoms with Gasteiger partial charge in [0.1, 0.15) is 0 Å². The summed E-state index contributed by atoms with van der Waals surface area (Å²) in [5.74, 6) is -1.18. The Kier molecular flexibility index (Phi) is 4.15. The van der Waals surface area contributed by atoms with Gasteiger partial charge in [-0.2, -0.15) is 0 Å². The van der Waals surface area contributed by atoms with E-state index in [1.54, 1.807) is 6.20 Å². The summed E-state index contributed by atoms with van der Waals surface area (Å²) in [4.78, 5) is 13.3. The summed E-state index contributed by atoms with van der Waals surface area (Å²) in [7, 11) is 0. The fraction of sp³-hybridized carbons (Fsp3) is 0. The van der Waals surface area contributed by atoms with Gasteiger partial charge in [0.25, 0.3) is 0 Å². The molecule has 1 aromatic carbocycles. The molecule has 0 atom stereocenters. The molecule has 3 nitrogen and oxygen atoms in total. The second-order valence-corrected chi connectivity index (χ2v) is 2.94. The minimum Gasteiger partial charge on any atom is -0.545 e. The third kappa shape index (κ3) is 2.72. The van der Waals surface area contributed by atoms with Gasteiger partial charge >= 0.3 is 29.6 Å². The van der Waals surface area contributed by atoms with Gasteiger partial charge in [-0.15, -0.1) is 0 Å². The van der Waals surface area contributed by atoms with Crippen LogP contribution in [0.3, 0.4) is 0 Å². The predicted molar refractivity (Wildman–Crippen MR) is 52.3 cm³/mol. The van der Waals surface area contributed by atoms with Gasteiger partial charge in [-0.1, -0.05) is 24.3 Å². The van der Waals surface area contributed by atoms with Crippen molar-refractivity contribution < 1.29 is 39.5 Å². The quantitative estimate of drug-likeness (QED) is 0.456. The SMILES string of the molecule is O=C([O-])C=Cc1c[nH]c2ccccc12.[Na+]. The summed E-state index contributed by atoms with van der Waals surface area (Å²) in [5.41, 5.74) is 1.84. The van der Waals surface area contributed by atoms with E-state index in [0.29, 0.717) is 0 Å². The normalized spacial score (nSPS) is 10.4. The number of carbonyl (C=O) groups excluding carboxylic acids is 1. The van der Waals surface area contributed by atoms with Crippen LogP contribution < -0.4 is 34.7 Å². The Hall–Kier alpha value is -1.03. The fourth-order valence-electron chi connectivity index (χ4n) is 1.39. The summed E-state index contributed by atoms with van der Waals surface area (Å²) < 4.78 is 0. The number of nitrogens with one attached hydrogen (secondary N) is 1. The molecule has 0 saturated heterocycles. The molecule has 0 unspecified atom stereocenters. The number of para-hydroxylation sites is 1. The summed E-state index contributed by atoms with van der Waals surface area (Å²) >= 11 is 0. The van der Waals surface area contributed by atoms with Gasteiger partial charge in [-0.05, 0) is 17.7 Å². The molecule has 2 rings (SSSR count). The molecule has 4 heteroatoms. The van der Waals surface area contributed by atoms with Crippen LogP contribution in [0.2, 0.25) is 0 Å². The molecule has 1 heterocycles. The van der Waals surface area contributed by atoms with E-state index in [4.69, 9.17) is 0 Å². The Labute approximate surface area is 109 Å². The molecule has 15 heavy (non-hydrogen) atoms. The Morgan fingerprint density at radius 2 is 2.07 bits per heavy atom. The van der Waals surface area contributed by atoms with Crippen molar-refractivity contribution in [2.45, 2.75) is 0 Å². The van der Waals surface area contributed by atoms with Crippen LogP contribution >= 0.6 is 0 Å². The van der Waals surface area contributed by atoms with E-state index in [1.165, 1.54) is 6.08 Å². The van der Waals surface area contributed by atoms with Crippen molar-refractivity contribution in [1.29, 1.82) is 0 Å². The largest absolute Gasteiger partial charge is 1.00 e. The molecule has 0 fully saturated rings. The van der Waals surface area contributed by atoms with Crippen LogP contribution in [-0.4, -0.2) is 11.0 Å². The molecule has 1 N–H and O–H groups in total. The molecule has 70 valence electrons. The number of benzene rings is 1. The van der Waals surface area contributed by atoms with E-state index < -0.39 is 5.97 Å². The van der Waals surface area contributed by atoms with Crippen molar-refractivity contribution in [2.75, 3.05) is 0 Å². The molecule has 0 spiro atoms. The smallest absolute Gasteiger partial charge is 0.545 e. The van der Waals surface area contributed by atoms with E-state index >= 15 is 0 Å². The molecule has 0 aliphatic rings. The van der Waals surface area contributed by atoms with E-state index in [1.807, 2.05) is 24.3 Å². The van der Waals surface area contributed by atoms with Crippen LogP contribution in [0.25, 0.3) is 17.0 Å². The van der Waals surface area contributed by atoms with Crippen LogP contribution in [0.1, 0.15) is 5.56 Å². The van der Waals surface area contributed by atoms with Crippen LogP contribution in [0.15, 0.2) is 36.5 Å². The molecule has 0 aliphatic heterocycles. The van der Waals surface area contributed by atoms with Crippen LogP contribution in [0.4, 0.5) is 0 Å². The van der Waals surface area contributed by atoms with Gasteiger partial charge in [0, 0.05) is 17.1 Å². The number of carboxylic acid groups (broad SMARTS) is 1. The topological polar surface area (TPSA) is 55.9 Å². The van der Waals surface area contributed by atoms with Crippen molar-refractivity contribution >= 4 is 22.9 Å². The van der Waals surface area contributed by atoms with Crippen molar-refractivity contribution in [2.24, 2.45) is 0 Å². The molecule has 1 aromatic heterocycles. The maximum absolute atomic E-state index is 10.2. The third-order valence-electron chi connectivity index (χ3n) is 2.02. The van der Waals surface area contributed by atoms with Gasteiger partial charge in [-0.3, -0.25) is 0 Å². The predicted octanol–water partition coefficient (Wildman–Crippen LogP) is -2.06. The van der Waals surface area contributed by atoms with E-state index in [9.17, 15) is 9.90 Å². The molecule has 0 radical (unpaired) electrons. The summed E-state index contributed by atoms with van der Waals surface area (Å²) in [6, 6.07) is 7.70. The maximum atomic E-state index is 10.2. The van der Waals surface area contributed by atoms with Crippen LogP contribution in [0.5, 0.6) is 0 Å². The van der Waals surface area contributed by atoms with Gasteiger partial charge < -0.3 is 14.9 Å². The van der Waals surface area contributed by atoms with Crippen molar-refractivity contribution in [3.05, 3.63) is 42.1 Å². The first-order valence-electron chi connectivity index (χ1n) is 4.22. The van der Waals surface area contributed by atoms with Crippen molar-refractivity contribution in [3.63, 3.8) is 0 Å². The standard InChI is InChI=1S/C11H9NO2.Na/c13-11(14)6-5-8-7-12-10-4-2-1-3-9(8)10;/h1-7,12H,(H,13,14);/q;+1/p-1. The number of H-pyrrole nitrogens is 1. The zero-order chi connectivity index (χ0) is 9.97. The minimum atomic E-state index is -1.18. The van der Waals surface area contributed by atoms with Gasteiger partial charge in [0.2, 0.25) is 0 Å². The Morgan fingerprint density at radius 3 is 2.80 bits per heavy atom. The second-order valence-electron chi connectivity index (χ2n) is 2.94.